The van der Waals surface area contributed by atoms with Gasteiger partial charge >= 0.3 is 6.01 Å². The third kappa shape index (κ3) is 3.66. The van der Waals surface area contributed by atoms with Gasteiger partial charge in [0.1, 0.15) is 0 Å². The summed E-state index contributed by atoms with van der Waals surface area (Å²) >= 11 is 0. The second-order valence-corrected chi connectivity index (χ2v) is 8.13. The van der Waals surface area contributed by atoms with E-state index < -0.39 is 0 Å². The second kappa shape index (κ2) is 7.81. The van der Waals surface area contributed by atoms with Gasteiger partial charge in [-0.15, -0.1) is 0 Å². The molecule has 0 radical (unpaired) electrons. The Morgan fingerprint density at radius 2 is 1.54 bits per heavy atom. The van der Waals surface area contributed by atoms with Crippen LogP contribution < -0.4 is 4.90 Å². The summed E-state index contributed by atoms with van der Waals surface area (Å²) in [6, 6.07) is 11.3. The fourth-order valence-electron chi connectivity index (χ4n) is 4.33. The van der Waals surface area contributed by atoms with Crippen LogP contribution in [0.5, 0.6) is 0 Å². The first kappa shape index (κ1) is 18.1. The number of aromatic nitrogens is 2. The molecule has 3 aliphatic rings. The Morgan fingerprint density at radius 3 is 2.21 bits per heavy atom. The molecule has 0 bridgehead atoms. The third-order valence-corrected chi connectivity index (χ3v) is 6.40. The molecule has 150 valence electrons. The molecule has 5 rings (SSSR count). The fraction of sp³-hybridized carbons (Fsp3) is 0.619. The molecule has 28 heavy (non-hydrogen) atoms. The lowest BCUT2D eigenvalue weighted by molar-refractivity contribution is 0.0330. The van der Waals surface area contributed by atoms with Crippen molar-refractivity contribution in [3.8, 4) is 0 Å². The van der Waals surface area contributed by atoms with Gasteiger partial charge < -0.3 is 14.2 Å². The highest BCUT2D eigenvalue weighted by Gasteiger charge is 2.50. The number of hydrogen-bond acceptors (Lipinski definition) is 7. The van der Waals surface area contributed by atoms with Gasteiger partial charge in [-0.2, -0.15) is 4.98 Å². The summed E-state index contributed by atoms with van der Waals surface area (Å²) in [5.74, 6) is 0.850. The van der Waals surface area contributed by atoms with Gasteiger partial charge in [-0.1, -0.05) is 35.5 Å². The van der Waals surface area contributed by atoms with Gasteiger partial charge in [0.15, 0.2) is 5.82 Å². The maximum atomic E-state index is 5.67. The second-order valence-electron chi connectivity index (χ2n) is 8.13. The Bertz CT molecular complexity index is 762. The van der Waals surface area contributed by atoms with Crippen LogP contribution in [-0.4, -0.2) is 85.5 Å². The van der Waals surface area contributed by atoms with E-state index in [1.807, 2.05) is 0 Å². The van der Waals surface area contributed by atoms with Gasteiger partial charge in [-0.05, 0) is 18.4 Å². The van der Waals surface area contributed by atoms with E-state index in [0.29, 0.717) is 6.01 Å². The Balaban J connectivity index is 1.16. The topological polar surface area (TPSA) is 57.9 Å². The van der Waals surface area contributed by atoms with Crippen LogP contribution in [-0.2, 0) is 10.2 Å². The van der Waals surface area contributed by atoms with Crippen molar-refractivity contribution >= 4 is 6.01 Å². The van der Waals surface area contributed by atoms with Crippen LogP contribution in [0, 0.1) is 0 Å². The lowest BCUT2D eigenvalue weighted by atomic mass is 9.95. The summed E-state index contributed by atoms with van der Waals surface area (Å²) < 4.78 is 11.1. The van der Waals surface area contributed by atoms with Crippen LogP contribution in [0.25, 0.3) is 0 Å². The normalized spacial score (nSPS) is 23.1. The molecule has 1 aromatic carbocycles. The minimum atomic E-state index is -0.0248. The van der Waals surface area contributed by atoms with Gasteiger partial charge in [0, 0.05) is 52.4 Å². The number of hydrogen-bond donors (Lipinski definition) is 0. The number of rotatable bonds is 6. The first-order chi connectivity index (χ1) is 13.8. The van der Waals surface area contributed by atoms with Gasteiger partial charge in [-0.3, -0.25) is 9.80 Å². The maximum Gasteiger partial charge on any atom is 0.324 e. The summed E-state index contributed by atoms with van der Waals surface area (Å²) in [5, 5.41) is 4.36. The highest BCUT2D eigenvalue weighted by molar-refractivity contribution is 5.40. The standard InChI is InChI=1S/C21H29N5O2/c1-2-4-18(5-3-1)21(6-7-21)19-22-20(28-23-19)26-12-10-24(11-13-26)8-9-25-14-16-27-17-15-25/h1-5H,6-17H2. The van der Waals surface area contributed by atoms with E-state index in [1.165, 1.54) is 5.56 Å². The number of anilines is 1. The number of piperazine rings is 1. The minimum absolute atomic E-state index is 0.0248. The average molecular weight is 383 g/mol. The molecule has 3 fully saturated rings. The van der Waals surface area contributed by atoms with E-state index in [-0.39, 0.29) is 5.41 Å². The van der Waals surface area contributed by atoms with Gasteiger partial charge in [0.05, 0.1) is 18.6 Å². The molecule has 7 nitrogen and oxygen atoms in total. The lowest BCUT2D eigenvalue weighted by Gasteiger charge is -2.35. The summed E-state index contributed by atoms with van der Waals surface area (Å²) in [7, 11) is 0. The Labute approximate surface area is 166 Å². The zero-order chi connectivity index (χ0) is 18.8. The van der Waals surface area contributed by atoms with Crippen molar-refractivity contribution < 1.29 is 9.26 Å². The molecule has 0 atom stereocenters. The van der Waals surface area contributed by atoms with Crippen LogP contribution in [0.15, 0.2) is 34.9 Å². The van der Waals surface area contributed by atoms with Gasteiger partial charge in [-0.25, -0.2) is 0 Å². The Morgan fingerprint density at radius 1 is 0.857 bits per heavy atom. The first-order valence-electron chi connectivity index (χ1n) is 10.5. The van der Waals surface area contributed by atoms with Crippen molar-refractivity contribution in [1.82, 2.24) is 19.9 Å². The molecule has 2 saturated heterocycles. The summed E-state index contributed by atoms with van der Waals surface area (Å²) in [6.07, 6.45) is 2.20. The van der Waals surface area contributed by atoms with E-state index >= 15 is 0 Å². The smallest absolute Gasteiger partial charge is 0.324 e. The Hall–Kier alpha value is -1.96. The number of ether oxygens (including phenoxy) is 1. The number of benzene rings is 1. The highest BCUT2D eigenvalue weighted by Crippen LogP contribution is 2.52. The zero-order valence-electron chi connectivity index (χ0n) is 16.4. The van der Waals surface area contributed by atoms with Crippen molar-refractivity contribution in [2.45, 2.75) is 18.3 Å². The van der Waals surface area contributed by atoms with E-state index in [0.717, 1.165) is 84.2 Å². The summed E-state index contributed by atoms with van der Waals surface area (Å²) in [4.78, 5) is 12.1. The van der Waals surface area contributed by atoms with Crippen LogP contribution in [0.3, 0.4) is 0 Å². The van der Waals surface area contributed by atoms with E-state index in [4.69, 9.17) is 14.2 Å². The fourth-order valence-corrected chi connectivity index (χ4v) is 4.33. The van der Waals surface area contributed by atoms with Crippen LogP contribution in [0.1, 0.15) is 24.2 Å². The minimum Gasteiger partial charge on any atom is -0.379 e. The zero-order valence-corrected chi connectivity index (χ0v) is 16.4. The molecule has 0 N–H and O–H groups in total. The number of morpholine rings is 1. The predicted molar refractivity (Wildman–Crippen MR) is 107 cm³/mol. The van der Waals surface area contributed by atoms with E-state index in [2.05, 4.69) is 50.2 Å². The Kier molecular flexibility index (Phi) is 5.05. The number of nitrogens with zero attached hydrogens (tertiary/aromatic N) is 5. The molecule has 7 heteroatoms. The van der Waals surface area contributed by atoms with Crippen molar-refractivity contribution in [1.29, 1.82) is 0 Å². The molecule has 0 unspecified atom stereocenters. The molecular weight excluding hydrogens is 354 g/mol. The monoisotopic (exact) mass is 383 g/mol. The van der Waals surface area contributed by atoms with Gasteiger partial charge in [0.2, 0.25) is 0 Å². The molecular formula is C21H29N5O2. The molecule has 0 amide bonds. The lowest BCUT2D eigenvalue weighted by Crippen LogP contribution is -2.49. The highest BCUT2D eigenvalue weighted by atomic mass is 16.5. The third-order valence-electron chi connectivity index (χ3n) is 6.40. The van der Waals surface area contributed by atoms with E-state index in [1.54, 1.807) is 0 Å². The van der Waals surface area contributed by atoms with Crippen molar-refractivity contribution in [3.63, 3.8) is 0 Å². The molecule has 3 heterocycles. The van der Waals surface area contributed by atoms with Crippen molar-refractivity contribution in [2.24, 2.45) is 0 Å². The summed E-state index contributed by atoms with van der Waals surface area (Å²) in [6.45, 7) is 10.1. The maximum absolute atomic E-state index is 5.67. The molecule has 1 aliphatic carbocycles. The van der Waals surface area contributed by atoms with Crippen LogP contribution in [0.4, 0.5) is 6.01 Å². The SMILES string of the molecule is c1ccc(C2(c3noc(N4CCN(CCN5CCOCC5)CC4)n3)CC2)cc1. The molecule has 1 aromatic heterocycles. The average Bonchev–Trinajstić information content (AvgIpc) is 3.43. The van der Waals surface area contributed by atoms with Crippen LogP contribution in [0.2, 0.25) is 0 Å². The molecule has 0 spiro atoms. The quantitative estimate of drug-likeness (QED) is 0.751. The molecule has 2 aliphatic heterocycles. The molecule has 1 saturated carbocycles. The summed E-state index contributed by atoms with van der Waals surface area (Å²) in [5.41, 5.74) is 1.28. The predicted octanol–water partition coefficient (Wildman–Crippen LogP) is 1.60. The largest absolute Gasteiger partial charge is 0.379 e. The van der Waals surface area contributed by atoms with Gasteiger partial charge in [0.25, 0.3) is 0 Å². The van der Waals surface area contributed by atoms with Crippen LogP contribution >= 0.6 is 0 Å². The van der Waals surface area contributed by atoms with E-state index in [9.17, 15) is 0 Å². The van der Waals surface area contributed by atoms with Crippen molar-refractivity contribution in [2.75, 3.05) is 70.5 Å². The van der Waals surface area contributed by atoms with Crippen molar-refractivity contribution in [3.05, 3.63) is 41.7 Å². The molecule has 2 aromatic rings. The first-order valence-corrected chi connectivity index (χ1v) is 10.5.